The van der Waals surface area contributed by atoms with Gasteiger partial charge in [0.25, 0.3) is 5.91 Å². The van der Waals surface area contributed by atoms with Crippen molar-refractivity contribution in [3.05, 3.63) is 77.5 Å². The zero-order valence-electron chi connectivity index (χ0n) is 19.4. The van der Waals surface area contributed by atoms with E-state index in [1.165, 1.54) is 29.4 Å². The number of aromatic nitrogens is 1. The van der Waals surface area contributed by atoms with Gasteiger partial charge in [-0.1, -0.05) is 36.4 Å². The summed E-state index contributed by atoms with van der Waals surface area (Å²) >= 11 is 0. The van der Waals surface area contributed by atoms with Crippen LogP contribution in [0.3, 0.4) is 0 Å². The summed E-state index contributed by atoms with van der Waals surface area (Å²) < 4.78 is 0. The number of pyridine rings is 1. The number of carbonyl (C=O) groups is 1. The van der Waals surface area contributed by atoms with Crippen molar-refractivity contribution in [2.75, 3.05) is 13.1 Å². The number of hydrogen-bond acceptors (Lipinski definition) is 4. The summed E-state index contributed by atoms with van der Waals surface area (Å²) in [6.45, 7) is 4.21. The highest BCUT2D eigenvalue weighted by Crippen LogP contribution is 2.36. The molecule has 2 aromatic carbocycles. The van der Waals surface area contributed by atoms with Gasteiger partial charge in [0.15, 0.2) is 0 Å². The highest BCUT2D eigenvalue weighted by molar-refractivity contribution is 5.94. The Kier molecular flexibility index (Phi) is 6.70. The van der Waals surface area contributed by atoms with Crippen molar-refractivity contribution in [3.8, 4) is 0 Å². The molecule has 1 amide bonds. The molecule has 1 saturated heterocycles. The van der Waals surface area contributed by atoms with Crippen molar-refractivity contribution in [2.45, 2.75) is 63.1 Å². The molecule has 1 unspecified atom stereocenters. The van der Waals surface area contributed by atoms with Crippen molar-refractivity contribution in [3.63, 3.8) is 0 Å². The maximum Gasteiger partial charge on any atom is 0.251 e. The molecule has 0 radical (unpaired) electrons. The largest absolute Gasteiger partial charge is 0.349 e. The van der Waals surface area contributed by atoms with Crippen molar-refractivity contribution in [1.82, 2.24) is 20.9 Å². The highest BCUT2D eigenvalue weighted by Gasteiger charge is 2.27. The van der Waals surface area contributed by atoms with Crippen LogP contribution in [0.1, 0.15) is 72.5 Å². The molecule has 1 aliphatic carbocycles. The van der Waals surface area contributed by atoms with E-state index >= 15 is 0 Å². The summed E-state index contributed by atoms with van der Waals surface area (Å²) in [7, 11) is 0. The number of piperidine rings is 1. The molecular formula is C28H34N4O. The maximum atomic E-state index is 12.6. The number of amides is 1. The van der Waals surface area contributed by atoms with Crippen LogP contribution < -0.4 is 16.0 Å². The number of para-hydroxylation sites is 1. The van der Waals surface area contributed by atoms with E-state index in [4.69, 9.17) is 0 Å². The van der Waals surface area contributed by atoms with Crippen LogP contribution in [0.4, 0.5) is 0 Å². The third kappa shape index (κ3) is 5.10. The van der Waals surface area contributed by atoms with Gasteiger partial charge in [0.2, 0.25) is 0 Å². The van der Waals surface area contributed by atoms with Gasteiger partial charge in [-0.2, -0.15) is 0 Å². The Morgan fingerprint density at radius 2 is 1.76 bits per heavy atom. The van der Waals surface area contributed by atoms with Crippen LogP contribution in [0, 0.1) is 0 Å². The molecule has 2 fully saturated rings. The van der Waals surface area contributed by atoms with E-state index in [2.05, 4.69) is 64.3 Å². The van der Waals surface area contributed by atoms with Crippen molar-refractivity contribution < 1.29 is 4.79 Å². The Hall–Kier alpha value is -2.76. The van der Waals surface area contributed by atoms with E-state index in [1.807, 2.05) is 24.4 Å². The third-order valence-electron chi connectivity index (χ3n) is 7.37. The fourth-order valence-corrected chi connectivity index (χ4v) is 5.50. The summed E-state index contributed by atoms with van der Waals surface area (Å²) in [5.41, 5.74) is 4.47. The van der Waals surface area contributed by atoms with Gasteiger partial charge in [0.1, 0.15) is 0 Å². The van der Waals surface area contributed by atoms with E-state index in [-0.39, 0.29) is 11.9 Å². The number of benzene rings is 2. The Labute approximate surface area is 196 Å². The van der Waals surface area contributed by atoms with Gasteiger partial charge in [-0.3, -0.25) is 9.78 Å². The average molecular weight is 443 g/mol. The predicted molar refractivity (Wildman–Crippen MR) is 133 cm³/mol. The molecule has 3 atom stereocenters. The molecule has 1 aliphatic heterocycles. The number of nitrogens with one attached hydrogen (secondary N) is 3. The molecule has 33 heavy (non-hydrogen) atoms. The first-order chi connectivity index (χ1) is 16.2. The first-order valence-electron chi connectivity index (χ1n) is 12.4. The molecule has 2 heterocycles. The minimum atomic E-state index is 0.0527. The Bertz CT molecular complexity index is 1090. The van der Waals surface area contributed by atoms with Crippen molar-refractivity contribution in [1.29, 1.82) is 0 Å². The number of fused-ring (bicyclic) bond motifs is 1. The number of rotatable bonds is 6. The van der Waals surface area contributed by atoms with Gasteiger partial charge in [-0.25, -0.2) is 0 Å². The zero-order valence-corrected chi connectivity index (χ0v) is 19.4. The van der Waals surface area contributed by atoms with Gasteiger partial charge in [0.05, 0.1) is 5.52 Å². The van der Waals surface area contributed by atoms with Gasteiger partial charge in [-0.15, -0.1) is 0 Å². The van der Waals surface area contributed by atoms with Crippen LogP contribution in [0.2, 0.25) is 0 Å². The molecule has 0 spiro atoms. The molecule has 1 saturated carbocycles. The molecule has 3 N–H and O–H groups in total. The lowest BCUT2D eigenvalue weighted by Crippen LogP contribution is -2.42. The minimum absolute atomic E-state index is 0.0527. The summed E-state index contributed by atoms with van der Waals surface area (Å²) in [5, 5.41) is 11.6. The Morgan fingerprint density at radius 1 is 0.970 bits per heavy atom. The number of carbonyl (C=O) groups excluding carboxylic acids is 1. The standard InChI is InChI=1S/C28H34N4O/c1-19(26-6-2-4-21-5-3-15-30-27(21)26)31-25-12-11-23(18-25)20-7-9-22(10-8-20)28(33)32-24-13-16-29-17-14-24/h2-10,15,19,23-25,29,31H,11-14,16-18H2,1H3,(H,32,33)/t19-,23+,25?/m1/s1. The van der Waals surface area contributed by atoms with E-state index in [9.17, 15) is 4.79 Å². The third-order valence-corrected chi connectivity index (χ3v) is 7.37. The number of hydrogen-bond donors (Lipinski definition) is 3. The molecule has 5 nitrogen and oxygen atoms in total. The lowest BCUT2D eigenvalue weighted by molar-refractivity contribution is 0.0929. The van der Waals surface area contributed by atoms with Gasteiger partial charge >= 0.3 is 0 Å². The lowest BCUT2D eigenvalue weighted by Gasteiger charge is -2.23. The second-order valence-electron chi connectivity index (χ2n) is 9.64. The van der Waals surface area contributed by atoms with E-state index in [1.54, 1.807) is 0 Å². The molecular weight excluding hydrogens is 408 g/mol. The molecule has 0 bridgehead atoms. The summed E-state index contributed by atoms with van der Waals surface area (Å²) in [6, 6.07) is 19.9. The molecule has 1 aromatic heterocycles. The molecule has 5 heteroatoms. The minimum Gasteiger partial charge on any atom is -0.349 e. The Balaban J connectivity index is 1.18. The van der Waals surface area contributed by atoms with Gasteiger partial charge in [0, 0.05) is 35.3 Å². The fourth-order valence-electron chi connectivity index (χ4n) is 5.50. The second kappa shape index (κ2) is 10.0. The predicted octanol–water partition coefficient (Wildman–Crippen LogP) is 4.70. The number of nitrogens with zero attached hydrogens (tertiary/aromatic N) is 1. The van der Waals surface area contributed by atoms with E-state index in [0.29, 0.717) is 18.0 Å². The van der Waals surface area contributed by atoms with Gasteiger partial charge in [-0.05, 0) is 87.4 Å². The van der Waals surface area contributed by atoms with Gasteiger partial charge < -0.3 is 16.0 Å². The Morgan fingerprint density at radius 3 is 2.58 bits per heavy atom. The van der Waals surface area contributed by atoms with Crippen LogP contribution >= 0.6 is 0 Å². The molecule has 2 aliphatic rings. The summed E-state index contributed by atoms with van der Waals surface area (Å²) in [4.78, 5) is 17.2. The molecule has 172 valence electrons. The van der Waals surface area contributed by atoms with Crippen LogP contribution in [0.5, 0.6) is 0 Å². The van der Waals surface area contributed by atoms with Crippen LogP contribution in [0.15, 0.2) is 60.8 Å². The zero-order chi connectivity index (χ0) is 22.6. The quantitative estimate of drug-likeness (QED) is 0.518. The summed E-state index contributed by atoms with van der Waals surface area (Å²) in [5.74, 6) is 0.596. The van der Waals surface area contributed by atoms with Crippen LogP contribution in [-0.4, -0.2) is 36.1 Å². The summed E-state index contributed by atoms with van der Waals surface area (Å²) in [6.07, 6.45) is 7.37. The highest BCUT2D eigenvalue weighted by atomic mass is 16.1. The van der Waals surface area contributed by atoms with Crippen LogP contribution in [-0.2, 0) is 0 Å². The maximum absolute atomic E-state index is 12.6. The molecule has 5 rings (SSSR count). The van der Waals surface area contributed by atoms with Crippen molar-refractivity contribution in [2.24, 2.45) is 0 Å². The van der Waals surface area contributed by atoms with Crippen LogP contribution in [0.25, 0.3) is 10.9 Å². The fraction of sp³-hybridized carbons (Fsp3) is 0.429. The topological polar surface area (TPSA) is 66.1 Å². The SMILES string of the molecule is C[C@@H](NC1CC[C@H](c2ccc(C(=O)NC3CCNCC3)cc2)C1)c1cccc2cccnc12. The lowest BCUT2D eigenvalue weighted by atomic mass is 9.96. The van der Waals surface area contributed by atoms with E-state index < -0.39 is 0 Å². The first-order valence-corrected chi connectivity index (χ1v) is 12.4. The smallest absolute Gasteiger partial charge is 0.251 e. The molecule has 3 aromatic rings. The van der Waals surface area contributed by atoms with E-state index in [0.717, 1.165) is 43.4 Å². The van der Waals surface area contributed by atoms with Crippen molar-refractivity contribution >= 4 is 16.8 Å². The average Bonchev–Trinajstić information content (AvgIpc) is 3.33. The second-order valence-corrected chi connectivity index (χ2v) is 9.64. The normalized spacial score (nSPS) is 22.3. The monoisotopic (exact) mass is 442 g/mol. The first kappa shape index (κ1) is 22.1.